The lowest BCUT2D eigenvalue weighted by atomic mass is 10.1. The second-order valence-corrected chi connectivity index (χ2v) is 6.29. The molecule has 0 aliphatic heterocycles. The first-order valence-electron chi connectivity index (χ1n) is 6.84. The van der Waals surface area contributed by atoms with E-state index in [-0.39, 0.29) is 11.9 Å². The maximum absolute atomic E-state index is 12.6. The van der Waals surface area contributed by atoms with Crippen LogP contribution in [0.2, 0.25) is 0 Å². The Morgan fingerprint density at radius 2 is 2.10 bits per heavy atom. The van der Waals surface area contributed by atoms with E-state index in [0.717, 1.165) is 21.5 Å². The van der Waals surface area contributed by atoms with E-state index in [1.54, 1.807) is 0 Å². The van der Waals surface area contributed by atoms with Crippen LogP contribution in [0.5, 0.6) is 0 Å². The standard InChI is InChI=1S/C15H21N3OS/c1-6-18(8(2)3)15(19)13-12(16)11-9(4)7-10(5)17-14(11)20-13/h7-8H,6,16H2,1-5H3. The van der Waals surface area contributed by atoms with E-state index in [4.69, 9.17) is 5.73 Å². The molecule has 0 bridgehead atoms. The predicted molar refractivity (Wildman–Crippen MR) is 85.4 cm³/mol. The third kappa shape index (κ3) is 2.38. The van der Waals surface area contributed by atoms with Gasteiger partial charge < -0.3 is 10.6 Å². The lowest BCUT2D eigenvalue weighted by Gasteiger charge is -2.24. The fourth-order valence-electron chi connectivity index (χ4n) is 2.50. The van der Waals surface area contributed by atoms with Crippen LogP contribution in [0, 0.1) is 13.8 Å². The molecule has 20 heavy (non-hydrogen) atoms. The number of carbonyl (C=O) groups is 1. The summed E-state index contributed by atoms with van der Waals surface area (Å²) in [7, 11) is 0. The second-order valence-electron chi connectivity index (χ2n) is 5.29. The number of nitrogens with zero attached hydrogens (tertiary/aromatic N) is 2. The highest BCUT2D eigenvalue weighted by molar-refractivity contribution is 7.21. The van der Waals surface area contributed by atoms with Crippen LogP contribution in [-0.4, -0.2) is 28.4 Å². The third-order valence-corrected chi connectivity index (χ3v) is 4.53. The Morgan fingerprint density at radius 1 is 1.45 bits per heavy atom. The van der Waals surface area contributed by atoms with Crippen molar-refractivity contribution in [2.24, 2.45) is 0 Å². The summed E-state index contributed by atoms with van der Waals surface area (Å²) >= 11 is 1.39. The third-order valence-electron chi connectivity index (χ3n) is 3.44. The predicted octanol–water partition coefficient (Wildman–Crippen LogP) is 3.37. The molecule has 0 atom stereocenters. The Kier molecular flexibility index (Phi) is 3.99. The van der Waals surface area contributed by atoms with Crippen LogP contribution in [0.15, 0.2) is 6.07 Å². The van der Waals surface area contributed by atoms with Crippen molar-refractivity contribution in [2.45, 2.75) is 40.7 Å². The van der Waals surface area contributed by atoms with E-state index in [1.165, 1.54) is 11.3 Å². The summed E-state index contributed by atoms with van der Waals surface area (Å²) < 4.78 is 0. The van der Waals surface area contributed by atoms with Gasteiger partial charge in [0.2, 0.25) is 0 Å². The van der Waals surface area contributed by atoms with Gasteiger partial charge in [-0.1, -0.05) is 0 Å². The summed E-state index contributed by atoms with van der Waals surface area (Å²) in [6, 6.07) is 2.16. The van der Waals surface area contributed by atoms with Crippen LogP contribution in [0.25, 0.3) is 10.2 Å². The molecule has 1 amide bonds. The molecule has 0 aromatic carbocycles. The molecule has 0 unspecified atom stereocenters. The first-order chi connectivity index (χ1) is 9.36. The van der Waals surface area contributed by atoms with Crippen molar-refractivity contribution in [3.8, 4) is 0 Å². The molecule has 2 aromatic rings. The molecule has 0 aliphatic carbocycles. The zero-order valence-corrected chi connectivity index (χ0v) is 13.5. The highest BCUT2D eigenvalue weighted by atomic mass is 32.1. The summed E-state index contributed by atoms with van der Waals surface area (Å²) in [6.07, 6.45) is 0. The fraction of sp³-hybridized carbons (Fsp3) is 0.467. The number of nitrogen functional groups attached to an aromatic ring is 1. The van der Waals surface area contributed by atoms with Gasteiger partial charge in [-0.05, 0) is 46.2 Å². The van der Waals surface area contributed by atoms with Gasteiger partial charge in [-0.2, -0.15) is 0 Å². The van der Waals surface area contributed by atoms with E-state index in [9.17, 15) is 4.79 Å². The number of carbonyl (C=O) groups excluding carboxylic acids is 1. The molecule has 0 radical (unpaired) electrons. The van der Waals surface area contributed by atoms with Crippen molar-refractivity contribution in [1.29, 1.82) is 0 Å². The number of fused-ring (bicyclic) bond motifs is 1. The zero-order valence-electron chi connectivity index (χ0n) is 12.7. The van der Waals surface area contributed by atoms with Crippen LogP contribution >= 0.6 is 11.3 Å². The van der Waals surface area contributed by atoms with Crippen molar-refractivity contribution in [3.63, 3.8) is 0 Å². The molecule has 0 saturated heterocycles. The van der Waals surface area contributed by atoms with Gasteiger partial charge >= 0.3 is 0 Å². The molecule has 5 heteroatoms. The number of amides is 1. The quantitative estimate of drug-likeness (QED) is 0.943. The average molecular weight is 291 g/mol. The summed E-state index contributed by atoms with van der Waals surface area (Å²) in [4.78, 5) is 20.4. The largest absolute Gasteiger partial charge is 0.397 e. The molecule has 4 nitrogen and oxygen atoms in total. The minimum absolute atomic E-state index is 0.0000491. The van der Waals surface area contributed by atoms with E-state index >= 15 is 0 Å². The highest BCUT2D eigenvalue weighted by Gasteiger charge is 2.24. The maximum Gasteiger partial charge on any atom is 0.266 e. The van der Waals surface area contributed by atoms with Crippen molar-refractivity contribution in [1.82, 2.24) is 9.88 Å². The Labute approximate surface area is 123 Å². The van der Waals surface area contributed by atoms with Gasteiger partial charge in [0.05, 0.1) is 5.69 Å². The minimum atomic E-state index is 0.0000491. The van der Waals surface area contributed by atoms with Crippen molar-refractivity contribution < 1.29 is 4.79 Å². The summed E-state index contributed by atoms with van der Waals surface area (Å²) in [6.45, 7) is 10.6. The molecule has 0 fully saturated rings. The van der Waals surface area contributed by atoms with Crippen LogP contribution in [0.3, 0.4) is 0 Å². The highest BCUT2D eigenvalue weighted by Crippen LogP contribution is 2.35. The molecule has 108 valence electrons. The zero-order chi connectivity index (χ0) is 15.0. The van der Waals surface area contributed by atoms with Crippen molar-refractivity contribution in [3.05, 3.63) is 22.2 Å². The smallest absolute Gasteiger partial charge is 0.266 e. The number of pyridine rings is 1. The number of anilines is 1. The number of thiophene rings is 1. The van der Waals surface area contributed by atoms with E-state index in [0.29, 0.717) is 17.1 Å². The SMILES string of the molecule is CCN(C(=O)c1sc2nc(C)cc(C)c2c1N)C(C)C. The molecule has 2 heterocycles. The first kappa shape index (κ1) is 14.8. The number of aromatic nitrogens is 1. The summed E-state index contributed by atoms with van der Waals surface area (Å²) in [5.41, 5.74) is 8.80. The van der Waals surface area contributed by atoms with Crippen LogP contribution < -0.4 is 5.73 Å². The number of hydrogen-bond donors (Lipinski definition) is 1. The average Bonchev–Trinajstić information content (AvgIpc) is 2.66. The lowest BCUT2D eigenvalue weighted by Crippen LogP contribution is -2.36. The van der Waals surface area contributed by atoms with Gasteiger partial charge in [0, 0.05) is 23.7 Å². The second kappa shape index (κ2) is 5.40. The van der Waals surface area contributed by atoms with Gasteiger partial charge in [-0.25, -0.2) is 4.98 Å². The van der Waals surface area contributed by atoms with E-state index in [1.807, 2.05) is 45.6 Å². The van der Waals surface area contributed by atoms with Crippen LogP contribution in [0.1, 0.15) is 41.7 Å². The summed E-state index contributed by atoms with van der Waals surface area (Å²) in [5.74, 6) is 0.0000491. The molecular weight excluding hydrogens is 270 g/mol. The first-order valence-corrected chi connectivity index (χ1v) is 7.65. The molecule has 2 N–H and O–H groups in total. The summed E-state index contributed by atoms with van der Waals surface area (Å²) in [5, 5.41) is 0.920. The number of hydrogen-bond acceptors (Lipinski definition) is 4. The fourth-order valence-corrected chi connectivity index (χ4v) is 3.67. The van der Waals surface area contributed by atoms with Crippen LogP contribution in [-0.2, 0) is 0 Å². The van der Waals surface area contributed by atoms with Gasteiger partial charge in [-0.3, -0.25) is 4.79 Å². The van der Waals surface area contributed by atoms with Gasteiger partial charge in [0.15, 0.2) is 0 Å². The van der Waals surface area contributed by atoms with E-state index < -0.39 is 0 Å². The molecule has 0 spiro atoms. The Balaban J connectivity index is 2.59. The molecule has 0 aliphatic rings. The Morgan fingerprint density at radius 3 is 2.65 bits per heavy atom. The lowest BCUT2D eigenvalue weighted by molar-refractivity contribution is 0.0723. The van der Waals surface area contributed by atoms with Gasteiger partial charge in [-0.15, -0.1) is 11.3 Å². The van der Waals surface area contributed by atoms with Crippen molar-refractivity contribution in [2.75, 3.05) is 12.3 Å². The normalized spacial score (nSPS) is 11.3. The molecule has 2 aromatic heterocycles. The van der Waals surface area contributed by atoms with E-state index in [2.05, 4.69) is 4.98 Å². The van der Waals surface area contributed by atoms with Crippen LogP contribution in [0.4, 0.5) is 5.69 Å². The number of rotatable bonds is 3. The van der Waals surface area contributed by atoms with Gasteiger partial charge in [0.25, 0.3) is 5.91 Å². The number of nitrogens with two attached hydrogens (primary N) is 1. The minimum Gasteiger partial charge on any atom is -0.397 e. The topological polar surface area (TPSA) is 59.2 Å². The molecular formula is C15H21N3OS. The van der Waals surface area contributed by atoms with Gasteiger partial charge in [0.1, 0.15) is 9.71 Å². The molecule has 2 rings (SSSR count). The monoisotopic (exact) mass is 291 g/mol. The van der Waals surface area contributed by atoms with Crippen molar-refractivity contribution >= 4 is 33.1 Å². The maximum atomic E-state index is 12.6. The Hall–Kier alpha value is -1.62. The molecule has 0 saturated carbocycles. The number of aryl methyl sites for hydroxylation is 2. The Bertz CT molecular complexity index is 661.